The van der Waals surface area contributed by atoms with Gasteiger partial charge in [-0.1, -0.05) is 43.7 Å². The lowest BCUT2D eigenvalue weighted by Crippen LogP contribution is -2.28. The normalized spacial score (nSPS) is 12.2. The Kier molecular flexibility index (Phi) is 17.0. The maximum atomic E-state index is 14.9. The lowest BCUT2D eigenvalue weighted by atomic mass is 10.1. The summed E-state index contributed by atoms with van der Waals surface area (Å²) >= 11 is 0. The topological polar surface area (TPSA) is 136 Å². The van der Waals surface area contributed by atoms with Crippen LogP contribution in [0.1, 0.15) is 102 Å². The third-order valence-electron chi connectivity index (χ3n) is 6.53. The molecule has 0 saturated heterocycles. The molecule has 0 aromatic carbocycles. The molecule has 2 rings (SSSR count). The first-order chi connectivity index (χ1) is 22.2. The van der Waals surface area contributed by atoms with Gasteiger partial charge in [0.25, 0.3) is 11.8 Å². The van der Waals surface area contributed by atoms with Crippen LogP contribution in [-0.4, -0.2) is 46.4 Å². The van der Waals surface area contributed by atoms with E-state index in [0.717, 1.165) is 25.3 Å². The summed E-state index contributed by atoms with van der Waals surface area (Å²) in [5.41, 5.74) is 1.54. The number of carbonyl (C=O) groups excluding carboxylic acids is 3. The summed E-state index contributed by atoms with van der Waals surface area (Å²) in [5.74, 6) is -3.95. The van der Waals surface area contributed by atoms with Gasteiger partial charge in [-0.05, 0) is 59.5 Å². The molecule has 0 fully saturated rings. The molecule has 0 radical (unpaired) electrons. The summed E-state index contributed by atoms with van der Waals surface area (Å²) in [6.07, 6.45) is 14.0. The summed E-state index contributed by atoms with van der Waals surface area (Å²) in [4.78, 5) is 35.7. The smallest absolute Gasteiger partial charge is 0.277 e. The SMILES string of the molecule is C\C=C(/C=C\C(=C\CC)CNC(=O)c1nn(C(C)(C)C)c(Oc2cncc(OCCCC#N)c2C(C)(F)F)c1C)CC.O=CCC=O. The number of unbranched alkanes of at least 4 members (excludes halogenated alkanes) is 1. The number of hydrogen-bond donors (Lipinski definition) is 1. The molecule has 1 amide bonds. The third kappa shape index (κ3) is 12.9. The predicted molar refractivity (Wildman–Crippen MR) is 177 cm³/mol. The van der Waals surface area contributed by atoms with Crippen LogP contribution in [0, 0.1) is 18.3 Å². The minimum absolute atomic E-state index is 0.0278. The Morgan fingerprint density at radius 3 is 2.23 bits per heavy atom. The van der Waals surface area contributed by atoms with Crippen molar-refractivity contribution in [3.05, 3.63) is 64.7 Å². The summed E-state index contributed by atoms with van der Waals surface area (Å²) < 4.78 is 42.9. The van der Waals surface area contributed by atoms with Gasteiger partial charge in [0.05, 0.1) is 37.0 Å². The first-order valence-corrected chi connectivity index (χ1v) is 15.5. The van der Waals surface area contributed by atoms with Crippen LogP contribution < -0.4 is 14.8 Å². The molecule has 0 spiro atoms. The van der Waals surface area contributed by atoms with E-state index >= 15 is 0 Å². The van der Waals surface area contributed by atoms with Gasteiger partial charge in [0, 0.05) is 25.5 Å². The maximum Gasteiger partial charge on any atom is 0.277 e. The molecule has 0 saturated carbocycles. The van der Waals surface area contributed by atoms with E-state index in [-0.39, 0.29) is 42.5 Å². The van der Waals surface area contributed by atoms with Crippen molar-refractivity contribution in [3.63, 3.8) is 0 Å². The highest BCUT2D eigenvalue weighted by Gasteiger charge is 2.35. The van der Waals surface area contributed by atoms with E-state index in [9.17, 15) is 23.2 Å². The van der Waals surface area contributed by atoms with Crippen LogP contribution in [0.25, 0.3) is 0 Å². The molecule has 0 unspecified atom stereocenters. The summed E-state index contributed by atoms with van der Waals surface area (Å²) in [5, 5.41) is 16.2. The summed E-state index contributed by atoms with van der Waals surface area (Å²) in [6, 6.07) is 2.00. The fourth-order valence-corrected chi connectivity index (χ4v) is 4.15. The zero-order chi connectivity index (χ0) is 35.6. The molecule has 10 nitrogen and oxygen atoms in total. The van der Waals surface area contributed by atoms with Crippen molar-refractivity contribution < 1.29 is 32.6 Å². The van der Waals surface area contributed by atoms with Crippen molar-refractivity contribution in [3.8, 4) is 23.4 Å². The molecule has 0 aliphatic rings. The molecular formula is C35H47F2N5O5. The maximum absolute atomic E-state index is 14.9. The van der Waals surface area contributed by atoms with E-state index in [0.29, 0.717) is 31.1 Å². The Balaban J connectivity index is 0.00000204. The van der Waals surface area contributed by atoms with Gasteiger partial charge in [-0.2, -0.15) is 10.4 Å². The lowest BCUT2D eigenvalue weighted by Gasteiger charge is -2.24. The van der Waals surface area contributed by atoms with Crippen molar-refractivity contribution in [2.24, 2.45) is 0 Å². The summed E-state index contributed by atoms with van der Waals surface area (Å²) in [6.45, 7) is 14.5. The zero-order valence-corrected chi connectivity index (χ0v) is 28.7. The Bertz CT molecular complexity index is 1470. The number of pyridine rings is 1. The number of allylic oxidation sites excluding steroid dienone is 4. The highest BCUT2D eigenvalue weighted by atomic mass is 19.3. The number of rotatable bonds is 16. The van der Waals surface area contributed by atoms with Gasteiger partial charge in [-0.25, -0.2) is 13.5 Å². The second-order valence-corrected chi connectivity index (χ2v) is 11.5. The van der Waals surface area contributed by atoms with Gasteiger partial charge in [-0.15, -0.1) is 0 Å². The standard InChI is InChI=1S/C32H43F2N5O3.C3H4O2/c1-9-14-24(16-15-23(10-2)11-3)19-37-29(40)28-22(4)30(39(38-28)31(5,6)7)42-26-21-36-20-25(27(26)32(8,33)34)41-18-13-12-17-35;4-2-1-3-5/h10,14-16,20-21H,9,11-13,18-19H2,1-8H3,(H,37,40);2-3H,1H2/b16-15-,23-10-,24-14-;. The first kappa shape index (κ1) is 40.4. The molecule has 256 valence electrons. The van der Waals surface area contributed by atoms with E-state index < -0.39 is 22.9 Å². The Morgan fingerprint density at radius 2 is 1.72 bits per heavy atom. The van der Waals surface area contributed by atoms with E-state index in [2.05, 4.69) is 28.4 Å². The van der Waals surface area contributed by atoms with Gasteiger partial charge in [0.15, 0.2) is 17.2 Å². The molecule has 0 bridgehead atoms. The molecule has 47 heavy (non-hydrogen) atoms. The van der Waals surface area contributed by atoms with E-state index in [1.807, 2.05) is 58.9 Å². The van der Waals surface area contributed by atoms with E-state index in [1.54, 1.807) is 6.92 Å². The number of ether oxygens (including phenoxy) is 2. The van der Waals surface area contributed by atoms with E-state index in [1.165, 1.54) is 22.6 Å². The number of hydrogen-bond acceptors (Lipinski definition) is 8. The van der Waals surface area contributed by atoms with Crippen LogP contribution in [0.3, 0.4) is 0 Å². The van der Waals surface area contributed by atoms with Crippen LogP contribution >= 0.6 is 0 Å². The van der Waals surface area contributed by atoms with Crippen molar-refractivity contribution in [1.82, 2.24) is 20.1 Å². The number of nitrogens with one attached hydrogen (secondary N) is 1. The minimum Gasteiger partial charge on any atom is -0.491 e. The number of alkyl halides is 2. The van der Waals surface area contributed by atoms with Crippen LogP contribution in [0.15, 0.2) is 47.8 Å². The highest BCUT2D eigenvalue weighted by molar-refractivity contribution is 5.94. The third-order valence-corrected chi connectivity index (χ3v) is 6.53. The average Bonchev–Trinajstić information content (AvgIpc) is 3.34. The van der Waals surface area contributed by atoms with Gasteiger partial charge in [0.1, 0.15) is 18.1 Å². The van der Waals surface area contributed by atoms with Crippen LogP contribution in [-0.2, 0) is 21.1 Å². The highest BCUT2D eigenvalue weighted by Crippen LogP contribution is 2.43. The number of nitriles is 1. The second-order valence-electron chi connectivity index (χ2n) is 11.5. The van der Waals surface area contributed by atoms with Crippen molar-refractivity contribution >= 4 is 18.5 Å². The van der Waals surface area contributed by atoms with Crippen LogP contribution in [0.2, 0.25) is 0 Å². The van der Waals surface area contributed by atoms with Crippen LogP contribution in [0.4, 0.5) is 8.78 Å². The van der Waals surface area contributed by atoms with Crippen LogP contribution in [0.5, 0.6) is 17.4 Å². The number of amides is 1. The monoisotopic (exact) mass is 655 g/mol. The van der Waals surface area contributed by atoms with Crippen molar-refractivity contribution in [2.45, 2.75) is 99.0 Å². The van der Waals surface area contributed by atoms with Crippen molar-refractivity contribution in [1.29, 1.82) is 5.26 Å². The molecule has 0 atom stereocenters. The average molecular weight is 656 g/mol. The Morgan fingerprint density at radius 1 is 1.09 bits per heavy atom. The Hall–Kier alpha value is -4.66. The molecule has 2 heterocycles. The lowest BCUT2D eigenvalue weighted by molar-refractivity contribution is -0.114. The summed E-state index contributed by atoms with van der Waals surface area (Å²) in [7, 11) is 0. The van der Waals surface area contributed by atoms with Gasteiger partial charge in [0.2, 0.25) is 5.88 Å². The number of aldehydes is 2. The second kappa shape index (κ2) is 19.8. The van der Waals surface area contributed by atoms with Gasteiger partial charge >= 0.3 is 0 Å². The minimum atomic E-state index is -3.33. The number of carbonyl (C=O) groups is 3. The molecule has 1 N–H and O–H groups in total. The van der Waals surface area contributed by atoms with Crippen molar-refractivity contribution in [2.75, 3.05) is 13.2 Å². The molecule has 0 aliphatic heterocycles. The largest absolute Gasteiger partial charge is 0.491 e. The molecule has 2 aromatic rings. The number of nitrogens with zero attached hydrogens (tertiary/aromatic N) is 4. The molecular weight excluding hydrogens is 608 g/mol. The first-order valence-electron chi connectivity index (χ1n) is 15.5. The Labute approximate surface area is 276 Å². The number of halogens is 2. The van der Waals surface area contributed by atoms with Gasteiger partial charge in [-0.3, -0.25) is 9.78 Å². The predicted octanol–water partition coefficient (Wildman–Crippen LogP) is 7.68. The number of aromatic nitrogens is 3. The fraction of sp³-hybridized carbons (Fsp3) is 0.486. The zero-order valence-electron chi connectivity index (χ0n) is 28.7. The molecule has 2 aromatic heterocycles. The quantitative estimate of drug-likeness (QED) is 0.0842. The molecule has 12 heteroatoms. The fourth-order valence-electron chi connectivity index (χ4n) is 4.15. The van der Waals surface area contributed by atoms with Gasteiger partial charge < -0.3 is 24.4 Å². The van der Waals surface area contributed by atoms with E-state index in [4.69, 9.17) is 14.7 Å². The molecule has 0 aliphatic carbocycles.